The van der Waals surface area contributed by atoms with E-state index in [0.29, 0.717) is 29.8 Å². The average Bonchev–Trinajstić information content (AvgIpc) is 2.77. The molecule has 4 aliphatic carbocycles. The molecular formula is C20H32O3. The zero-order chi connectivity index (χ0) is 16.5. The quantitative estimate of drug-likeness (QED) is 0.805. The highest BCUT2D eigenvalue weighted by Crippen LogP contribution is 2.72. The summed E-state index contributed by atoms with van der Waals surface area (Å²) in [7, 11) is 0. The van der Waals surface area contributed by atoms with Gasteiger partial charge in [0, 0.05) is 6.61 Å². The number of aliphatic hydroxyl groups is 1. The van der Waals surface area contributed by atoms with Crippen molar-refractivity contribution in [1.29, 1.82) is 0 Å². The Labute approximate surface area is 139 Å². The molecule has 3 heteroatoms. The number of carboxylic acids is 1. The highest BCUT2D eigenvalue weighted by atomic mass is 16.4. The predicted molar refractivity (Wildman–Crippen MR) is 88.9 cm³/mol. The van der Waals surface area contributed by atoms with E-state index in [4.69, 9.17) is 0 Å². The molecule has 0 aliphatic heterocycles. The Bertz CT molecular complexity index is 517. The highest BCUT2D eigenvalue weighted by molar-refractivity contribution is 5.75. The van der Waals surface area contributed by atoms with Crippen LogP contribution in [0, 0.1) is 39.9 Å². The second-order valence-electron chi connectivity index (χ2n) is 9.78. The number of fused-ring (bicyclic) bond motifs is 3. The van der Waals surface area contributed by atoms with Gasteiger partial charge in [0.15, 0.2) is 0 Å². The summed E-state index contributed by atoms with van der Waals surface area (Å²) in [5, 5.41) is 19.7. The van der Waals surface area contributed by atoms with Gasteiger partial charge >= 0.3 is 5.97 Å². The Kier molecular flexibility index (Phi) is 3.44. The van der Waals surface area contributed by atoms with Crippen LogP contribution in [0.3, 0.4) is 0 Å². The van der Waals surface area contributed by atoms with E-state index in [2.05, 4.69) is 6.92 Å². The van der Waals surface area contributed by atoms with E-state index in [1.54, 1.807) is 0 Å². The molecule has 0 aromatic carbocycles. The summed E-state index contributed by atoms with van der Waals surface area (Å²) in [6.45, 7) is 4.80. The molecule has 0 amide bonds. The van der Waals surface area contributed by atoms with E-state index in [1.807, 2.05) is 6.92 Å². The van der Waals surface area contributed by atoms with Crippen LogP contribution in [-0.4, -0.2) is 22.8 Å². The van der Waals surface area contributed by atoms with E-state index in [9.17, 15) is 15.0 Å². The second-order valence-corrected chi connectivity index (χ2v) is 9.78. The van der Waals surface area contributed by atoms with Crippen LogP contribution in [0.4, 0.5) is 0 Å². The van der Waals surface area contributed by atoms with Crippen molar-refractivity contribution in [2.24, 2.45) is 39.9 Å². The molecule has 2 bridgehead atoms. The van der Waals surface area contributed by atoms with Gasteiger partial charge in [-0.3, -0.25) is 4.79 Å². The van der Waals surface area contributed by atoms with E-state index in [0.717, 1.165) is 25.2 Å². The molecule has 23 heavy (non-hydrogen) atoms. The smallest absolute Gasteiger partial charge is 0.309 e. The lowest BCUT2D eigenvalue weighted by molar-refractivity contribution is -0.181. The minimum atomic E-state index is -0.572. The fraction of sp³-hybridized carbons (Fsp3) is 0.950. The fourth-order valence-corrected chi connectivity index (χ4v) is 8.06. The summed E-state index contributed by atoms with van der Waals surface area (Å²) in [6, 6.07) is 0. The largest absolute Gasteiger partial charge is 0.481 e. The zero-order valence-electron chi connectivity index (χ0n) is 14.7. The average molecular weight is 320 g/mol. The number of aliphatic carboxylic acids is 1. The molecule has 4 aliphatic rings. The topological polar surface area (TPSA) is 57.5 Å². The standard InChI is InChI=1S/C20H32O3/c1-18-7-3-8-19(2,17(22)23)15(18)6-9-20-10-13(4-5-16(18)20)14(11-20)12-21/h13-16,21H,3-12H2,1-2H3,(H,22,23)/t13-,14-,15+,16+,18-,19-,20+/m0/s1. The molecule has 0 saturated heterocycles. The van der Waals surface area contributed by atoms with Crippen LogP contribution in [0.15, 0.2) is 0 Å². The Balaban J connectivity index is 1.71. The maximum absolute atomic E-state index is 12.1. The van der Waals surface area contributed by atoms with Gasteiger partial charge in [0.05, 0.1) is 5.41 Å². The Morgan fingerprint density at radius 2 is 1.83 bits per heavy atom. The summed E-state index contributed by atoms with van der Waals surface area (Å²) in [5.74, 6) is 1.68. The van der Waals surface area contributed by atoms with E-state index in [1.165, 1.54) is 38.5 Å². The van der Waals surface area contributed by atoms with Crippen LogP contribution in [0.25, 0.3) is 0 Å². The van der Waals surface area contributed by atoms with Crippen LogP contribution in [0.5, 0.6) is 0 Å². The molecule has 2 N–H and O–H groups in total. The van der Waals surface area contributed by atoms with Crippen molar-refractivity contribution in [3.63, 3.8) is 0 Å². The predicted octanol–water partition coefficient (Wildman–Crippen LogP) is 4.09. The first kappa shape index (κ1) is 15.9. The first-order valence-electron chi connectivity index (χ1n) is 9.70. The lowest BCUT2D eigenvalue weighted by atomic mass is 9.41. The molecule has 4 saturated carbocycles. The minimum absolute atomic E-state index is 0.193. The first-order valence-corrected chi connectivity index (χ1v) is 9.70. The first-order chi connectivity index (χ1) is 10.9. The maximum atomic E-state index is 12.1. The van der Waals surface area contributed by atoms with Gasteiger partial charge in [-0.15, -0.1) is 0 Å². The van der Waals surface area contributed by atoms with E-state index in [-0.39, 0.29) is 5.41 Å². The maximum Gasteiger partial charge on any atom is 0.309 e. The molecule has 7 atom stereocenters. The van der Waals surface area contributed by atoms with Crippen LogP contribution in [0.1, 0.15) is 71.6 Å². The highest BCUT2D eigenvalue weighted by Gasteiger charge is 2.65. The SMILES string of the molecule is C[C@]12CCC[C@](C)(C(=O)O)[C@@H]1CC[C@@]13C[C@@H](CO)[C@@H](CC[C@@H]12)C3. The number of hydrogen-bond acceptors (Lipinski definition) is 2. The molecule has 4 fully saturated rings. The lowest BCUT2D eigenvalue weighted by Gasteiger charge is -2.63. The molecule has 3 nitrogen and oxygen atoms in total. The lowest BCUT2D eigenvalue weighted by Crippen LogP contribution is -2.58. The van der Waals surface area contributed by atoms with E-state index >= 15 is 0 Å². The molecule has 0 aromatic rings. The molecule has 0 radical (unpaired) electrons. The number of carboxylic acid groups (broad SMARTS) is 1. The molecule has 0 aromatic heterocycles. The van der Waals surface area contributed by atoms with Crippen LogP contribution in [0.2, 0.25) is 0 Å². The van der Waals surface area contributed by atoms with Crippen molar-refractivity contribution in [3.8, 4) is 0 Å². The number of rotatable bonds is 2. The van der Waals surface area contributed by atoms with Gasteiger partial charge in [0.25, 0.3) is 0 Å². The summed E-state index contributed by atoms with van der Waals surface area (Å²) in [5.41, 5.74) is 0.0811. The van der Waals surface area contributed by atoms with Crippen LogP contribution in [-0.2, 0) is 4.79 Å². The number of carbonyl (C=O) groups is 1. The van der Waals surface area contributed by atoms with Gasteiger partial charge in [0.2, 0.25) is 0 Å². The van der Waals surface area contributed by atoms with Crippen LogP contribution >= 0.6 is 0 Å². The van der Waals surface area contributed by atoms with Crippen molar-refractivity contribution in [3.05, 3.63) is 0 Å². The molecule has 4 rings (SSSR count). The summed E-state index contributed by atoms with van der Waals surface area (Å²) < 4.78 is 0. The van der Waals surface area contributed by atoms with Crippen molar-refractivity contribution >= 4 is 5.97 Å². The second kappa shape index (κ2) is 4.97. The molecular weight excluding hydrogens is 288 g/mol. The van der Waals surface area contributed by atoms with Crippen molar-refractivity contribution in [2.45, 2.75) is 71.6 Å². The normalized spacial score (nSPS) is 55.1. The van der Waals surface area contributed by atoms with Gasteiger partial charge in [-0.1, -0.05) is 13.3 Å². The Morgan fingerprint density at radius 1 is 1.04 bits per heavy atom. The summed E-state index contributed by atoms with van der Waals surface area (Å²) >= 11 is 0. The van der Waals surface area contributed by atoms with Gasteiger partial charge in [-0.2, -0.15) is 0 Å². The third-order valence-corrected chi connectivity index (χ3v) is 9.00. The number of aliphatic hydroxyl groups excluding tert-OH is 1. The molecule has 0 heterocycles. The van der Waals surface area contributed by atoms with Gasteiger partial charge in [0.1, 0.15) is 0 Å². The molecule has 0 unspecified atom stereocenters. The third-order valence-electron chi connectivity index (χ3n) is 9.00. The van der Waals surface area contributed by atoms with Gasteiger partial charge in [-0.05, 0) is 92.8 Å². The monoisotopic (exact) mass is 320 g/mol. The van der Waals surface area contributed by atoms with Gasteiger partial charge in [-0.25, -0.2) is 0 Å². The Morgan fingerprint density at radius 3 is 2.52 bits per heavy atom. The molecule has 130 valence electrons. The Hall–Kier alpha value is -0.570. The summed E-state index contributed by atoms with van der Waals surface area (Å²) in [6.07, 6.45) is 10.4. The zero-order valence-corrected chi connectivity index (χ0v) is 14.7. The van der Waals surface area contributed by atoms with E-state index < -0.39 is 11.4 Å². The van der Waals surface area contributed by atoms with Gasteiger partial charge < -0.3 is 10.2 Å². The fourth-order valence-electron chi connectivity index (χ4n) is 8.06. The molecule has 1 spiro atoms. The third kappa shape index (κ3) is 1.95. The van der Waals surface area contributed by atoms with Crippen LogP contribution < -0.4 is 0 Å². The number of hydrogen-bond donors (Lipinski definition) is 2. The summed E-state index contributed by atoms with van der Waals surface area (Å²) in [4.78, 5) is 12.1. The van der Waals surface area contributed by atoms with Crippen molar-refractivity contribution < 1.29 is 15.0 Å². The van der Waals surface area contributed by atoms with Crippen molar-refractivity contribution in [1.82, 2.24) is 0 Å². The van der Waals surface area contributed by atoms with Crippen molar-refractivity contribution in [2.75, 3.05) is 6.61 Å². The minimum Gasteiger partial charge on any atom is -0.481 e.